The zero-order chi connectivity index (χ0) is 34.7. The minimum absolute atomic E-state index is 0.0206. The van der Waals surface area contributed by atoms with E-state index in [9.17, 15) is 34.4 Å². The van der Waals surface area contributed by atoms with E-state index in [1.807, 2.05) is 4.90 Å². The van der Waals surface area contributed by atoms with Crippen LogP contribution in [0.5, 0.6) is 0 Å². The van der Waals surface area contributed by atoms with Gasteiger partial charge in [0.15, 0.2) is 22.0 Å². The Morgan fingerprint density at radius 2 is 1.74 bits per heavy atom. The molecule has 2 amide bonds. The van der Waals surface area contributed by atoms with Crippen molar-refractivity contribution in [2.45, 2.75) is 44.3 Å². The van der Waals surface area contributed by atoms with Crippen LogP contribution in [-0.4, -0.2) is 90.6 Å². The largest absolute Gasteiger partial charge is 0.481 e. The van der Waals surface area contributed by atoms with Gasteiger partial charge in [-0.3, -0.25) is 14.4 Å². The molecule has 11 N–H and O–H groups in total. The van der Waals surface area contributed by atoms with Gasteiger partial charge in [0.25, 0.3) is 11.9 Å². The summed E-state index contributed by atoms with van der Waals surface area (Å²) in [6, 6.07) is 3.48. The van der Waals surface area contributed by atoms with Crippen molar-refractivity contribution in [1.82, 2.24) is 36.0 Å². The lowest BCUT2D eigenvalue weighted by Crippen LogP contribution is -2.51. The number of benzene rings is 1. The Bertz CT molecular complexity index is 1670. The first-order valence-electron chi connectivity index (χ1n) is 13.9. The standard InChI is InChI=1S/C26H33N13O8/c1-38(12-14-11-31-21-19(32-14)20(27)35-26(29)36-21)15-6-4-13(5-7-15)22(42)33-16(8-9-18(40)41)23(43)34-17(24(44)45)3-2-10-30-25(28)37-39(46)47/h4-7,11,16-17H,2-3,8-10,12H2,1H3,(H,33,42)(H,34,43)(H,40,41)(H,44,45)(H3,28,30,37)(H4,27,29,31,35,36)/t16-,17-/m0/s1. The highest BCUT2D eigenvalue weighted by Crippen LogP contribution is 2.19. The first-order valence-corrected chi connectivity index (χ1v) is 13.9. The maximum Gasteiger partial charge on any atom is 0.326 e. The van der Waals surface area contributed by atoms with Crippen LogP contribution in [0.2, 0.25) is 0 Å². The van der Waals surface area contributed by atoms with Gasteiger partial charge >= 0.3 is 11.9 Å². The van der Waals surface area contributed by atoms with E-state index >= 15 is 0 Å². The highest BCUT2D eigenvalue weighted by molar-refractivity contribution is 5.98. The predicted octanol–water partition coefficient (Wildman–Crippen LogP) is -1.37. The summed E-state index contributed by atoms with van der Waals surface area (Å²) in [6.45, 7) is 0.224. The number of hydrogen-bond donors (Lipinski definition) is 8. The highest BCUT2D eigenvalue weighted by atomic mass is 16.7. The number of aliphatic imine (C=N–C) groups is 1. The maximum absolute atomic E-state index is 13.0. The molecule has 0 saturated heterocycles. The number of hydrogen-bond acceptors (Lipinski definition) is 14. The normalized spacial score (nSPS) is 12.5. The van der Waals surface area contributed by atoms with Crippen LogP contribution in [0.15, 0.2) is 35.5 Å². The number of nitro groups is 1. The Morgan fingerprint density at radius 3 is 2.38 bits per heavy atom. The number of aliphatic carboxylic acids is 2. The number of nitrogens with two attached hydrogens (primary N) is 3. The molecule has 47 heavy (non-hydrogen) atoms. The number of carboxylic acids is 2. The van der Waals surface area contributed by atoms with Crippen LogP contribution >= 0.6 is 0 Å². The monoisotopic (exact) mass is 655 g/mol. The molecule has 2 aromatic heterocycles. The van der Waals surface area contributed by atoms with Gasteiger partial charge in [0, 0.05) is 31.3 Å². The number of nitrogens with one attached hydrogen (secondary N) is 3. The summed E-state index contributed by atoms with van der Waals surface area (Å²) in [5.41, 5.74) is 20.4. The lowest BCUT2D eigenvalue weighted by molar-refractivity contribution is -0.525. The first kappa shape index (κ1) is 35.1. The Labute approximate surface area is 265 Å². The number of hydrazine groups is 1. The zero-order valence-electron chi connectivity index (χ0n) is 25.0. The molecule has 3 rings (SSSR count). The van der Waals surface area contributed by atoms with Gasteiger partial charge < -0.3 is 42.9 Å². The second kappa shape index (κ2) is 16.1. The van der Waals surface area contributed by atoms with Crippen molar-refractivity contribution in [3.8, 4) is 0 Å². The molecular formula is C26H33N13O8. The molecule has 0 unspecified atom stereocenters. The second-order valence-electron chi connectivity index (χ2n) is 10.0. The predicted molar refractivity (Wildman–Crippen MR) is 166 cm³/mol. The molecule has 0 radical (unpaired) electrons. The average Bonchev–Trinajstić information content (AvgIpc) is 3.00. The molecule has 0 saturated carbocycles. The van der Waals surface area contributed by atoms with Gasteiger partial charge in [-0.15, -0.1) is 0 Å². The molecule has 21 nitrogen and oxygen atoms in total. The number of rotatable bonds is 16. The van der Waals surface area contributed by atoms with Crippen LogP contribution in [0.1, 0.15) is 41.7 Å². The molecule has 0 aliphatic rings. The minimum atomic E-state index is -1.42. The van der Waals surface area contributed by atoms with E-state index in [0.29, 0.717) is 23.4 Å². The molecule has 250 valence electrons. The van der Waals surface area contributed by atoms with Crippen molar-refractivity contribution in [3.05, 3.63) is 51.8 Å². The summed E-state index contributed by atoms with van der Waals surface area (Å²) in [4.78, 5) is 81.4. The van der Waals surface area contributed by atoms with Crippen LogP contribution in [0.3, 0.4) is 0 Å². The number of fused-ring (bicyclic) bond motifs is 1. The van der Waals surface area contributed by atoms with Crippen molar-refractivity contribution >= 4 is 58.3 Å². The van der Waals surface area contributed by atoms with E-state index in [4.69, 9.17) is 22.3 Å². The molecule has 0 spiro atoms. The smallest absolute Gasteiger partial charge is 0.326 e. The third-order valence-electron chi connectivity index (χ3n) is 6.49. The van der Waals surface area contributed by atoms with Gasteiger partial charge in [0.1, 0.15) is 12.1 Å². The second-order valence-corrected chi connectivity index (χ2v) is 10.0. The number of amides is 2. The molecular weight excluding hydrogens is 622 g/mol. The van der Waals surface area contributed by atoms with Gasteiger partial charge in [0.2, 0.25) is 11.9 Å². The summed E-state index contributed by atoms with van der Waals surface area (Å²) in [5.74, 6) is -4.64. The van der Waals surface area contributed by atoms with E-state index in [0.717, 1.165) is 0 Å². The molecule has 2 atom stereocenters. The Kier molecular flexibility index (Phi) is 12.0. The number of aromatic nitrogens is 4. The van der Waals surface area contributed by atoms with Crippen LogP contribution in [0.25, 0.3) is 11.2 Å². The SMILES string of the molecule is CN(Cc1cnc2nc(N)nc(N)c2n1)c1ccc(C(=O)N[C@@H](CCC(=O)O)C(=O)N[C@@H](CCCN=C(N)N[N+](=O)[O-])C(=O)O)cc1. The molecule has 3 aromatic rings. The average molecular weight is 656 g/mol. The van der Waals surface area contributed by atoms with E-state index in [-0.39, 0.29) is 48.8 Å². The van der Waals surface area contributed by atoms with Crippen molar-refractivity contribution < 1.29 is 34.4 Å². The quantitative estimate of drug-likeness (QED) is 0.0290. The van der Waals surface area contributed by atoms with Crippen LogP contribution in [-0.2, 0) is 20.9 Å². The number of carboxylic acid groups (broad SMARTS) is 2. The lowest BCUT2D eigenvalue weighted by atomic mass is 10.1. The molecule has 0 bridgehead atoms. The van der Waals surface area contributed by atoms with E-state index in [1.165, 1.54) is 18.3 Å². The topological polar surface area (TPSA) is 333 Å². The first-order chi connectivity index (χ1) is 22.2. The zero-order valence-corrected chi connectivity index (χ0v) is 25.0. The fourth-order valence-electron chi connectivity index (χ4n) is 4.19. The van der Waals surface area contributed by atoms with Crippen molar-refractivity contribution in [2.24, 2.45) is 10.7 Å². The van der Waals surface area contributed by atoms with Gasteiger partial charge in [-0.2, -0.15) is 9.97 Å². The fourth-order valence-corrected chi connectivity index (χ4v) is 4.19. The summed E-state index contributed by atoms with van der Waals surface area (Å²) in [7, 11) is 1.78. The summed E-state index contributed by atoms with van der Waals surface area (Å²) in [6.07, 6.45) is 0.661. The number of nitrogens with zero attached hydrogens (tertiary/aromatic N) is 7. The van der Waals surface area contributed by atoms with Gasteiger partial charge in [-0.1, -0.05) is 5.43 Å². The van der Waals surface area contributed by atoms with E-state index < -0.39 is 53.2 Å². The molecule has 2 heterocycles. The van der Waals surface area contributed by atoms with Gasteiger partial charge in [0.05, 0.1) is 18.4 Å². The molecule has 0 aliphatic heterocycles. The Hall–Kier alpha value is -6.41. The maximum atomic E-state index is 13.0. The minimum Gasteiger partial charge on any atom is -0.481 e. The highest BCUT2D eigenvalue weighted by Gasteiger charge is 2.27. The summed E-state index contributed by atoms with van der Waals surface area (Å²) < 4.78 is 0. The van der Waals surface area contributed by atoms with Crippen LogP contribution in [0.4, 0.5) is 17.5 Å². The third kappa shape index (κ3) is 10.6. The third-order valence-corrected chi connectivity index (χ3v) is 6.49. The number of carbonyl (C=O) groups excluding carboxylic acids is 2. The van der Waals surface area contributed by atoms with Crippen molar-refractivity contribution in [3.63, 3.8) is 0 Å². The van der Waals surface area contributed by atoms with Crippen LogP contribution < -0.4 is 38.2 Å². The number of nitrogen functional groups attached to an aromatic ring is 2. The lowest BCUT2D eigenvalue weighted by Gasteiger charge is -2.22. The number of guanidine groups is 1. The number of carbonyl (C=O) groups is 4. The van der Waals surface area contributed by atoms with Gasteiger partial charge in [-0.25, -0.2) is 29.9 Å². The Morgan fingerprint density at radius 1 is 1.04 bits per heavy atom. The van der Waals surface area contributed by atoms with Crippen LogP contribution in [0, 0.1) is 10.1 Å². The van der Waals surface area contributed by atoms with Crippen molar-refractivity contribution in [1.29, 1.82) is 0 Å². The summed E-state index contributed by atoms with van der Waals surface area (Å²) in [5, 5.41) is 32.9. The molecule has 0 fully saturated rings. The Balaban J connectivity index is 1.64. The van der Waals surface area contributed by atoms with E-state index in [1.54, 1.807) is 24.6 Å². The molecule has 1 aromatic carbocycles. The molecule has 21 heteroatoms. The number of anilines is 3. The van der Waals surface area contributed by atoms with Crippen molar-refractivity contribution in [2.75, 3.05) is 30.0 Å². The van der Waals surface area contributed by atoms with Gasteiger partial charge in [-0.05, 0) is 43.5 Å². The fraction of sp³-hybridized carbons (Fsp3) is 0.346. The van der Waals surface area contributed by atoms with E-state index in [2.05, 4.69) is 35.6 Å². The summed E-state index contributed by atoms with van der Waals surface area (Å²) >= 11 is 0. The molecule has 0 aliphatic carbocycles.